The third kappa shape index (κ3) is 3.43. The summed E-state index contributed by atoms with van der Waals surface area (Å²) >= 11 is 0. The molecule has 0 aliphatic carbocycles. The molecule has 3 N–H and O–H groups in total. The normalized spacial score (nSPS) is 15.3. The Bertz CT molecular complexity index is 493. The van der Waals surface area contributed by atoms with Gasteiger partial charge in [0.2, 0.25) is 4.75 Å². The van der Waals surface area contributed by atoms with Crippen LogP contribution in [0, 0.1) is 5.41 Å². The summed E-state index contributed by atoms with van der Waals surface area (Å²) in [6.45, 7) is 4.78. The second kappa shape index (κ2) is 7.92. The maximum atomic E-state index is 11.9. The highest BCUT2D eigenvalue weighted by Gasteiger charge is 2.67. The molecule has 1 atom stereocenters. The van der Waals surface area contributed by atoms with Gasteiger partial charge in [-0.1, -0.05) is 46.5 Å². The van der Waals surface area contributed by atoms with E-state index in [1.807, 2.05) is 6.92 Å². The van der Waals surface area contributed by atoms with Crippen LogP contribution in [-0.2, 0) is 19.7 Å². The van der Waals surface area contributed by atoms with E-state index >= 15 is 0 Å². The molecule has 0 aromatic carbocycles. The summed E-state index contributed by atoms with van der Waals surface area (Å²) in [5, 5.41) is 19.1. The highest BCUT2D eigenvalue weighted by molar-refractivity contribution is 7.88. The number of aliphatic carboxylic acids is 2. The van der Waals surface area contributed by atoms with Gasteiger partial charge >= 0.3 is 11.9 Å². The molecule has 0 fully saturated rings. The Kier molecular flexibility index (Phi) is 7.50. The van der Waals surface area contributed by atoms with E-state index < -0.39 is 38.6 Å². The van der Waals surface area contributed by atoms with Crippen molar-refractivity contribution < 1.29 is 32.8 Å². The molecule has 0 heterocycles. The minimum atomic E-state index is -5.12. The maximum Gasteiger partial charge on any atom is 0.328 e. The van der Waals surface area contributed by atoms with Gasteiger partial charge in [0.15, 0.2) is 0 Å². The van der Waals surface area contributed by atoms with E-state index in [-0.39, 0.29) is 19.3 Å². The summed E-state index contributed by atoms with van der Waals surface area (Å²) in [6.07, 6.45) is 1.59. The van der Waals surface area contributed by atoms with Crippen molar-refractivity contribution in [2.45, 2.75) is 70.5 Å². The lowest BCUT2D eigenvalue weighted by atomic mass is 9.68. The number of carbonyl (C=O) groups is 2. The molecule has 130 valence electrons. The van der Waals surface area contributed by atoms with Crippen LogP contribution in [0.2, 0.25) is 0 Å². The average Bonchev–Trinajstić information content (AvgIpc) is 2.40. The molecule has 0 rings (SSSR count). The number of rotatable bonds is 11. The van der Waals surface area contributed by atoms with Crippen molar-refractivity contribution in [1.82, 2.24) is 0 Å². The molecule has 1 unspecified atom stereocenters. The molecule has 0 spiro atoms. The first-order valence-electron chi connectivity index (χ1n) is 7.51. The third-order valence-electron chi connectivity index (χ3n) is 4.56. The largest absolute Gasteiger partial charge is 0.481 e. The quantitative estimate of drug-likeness (QED) is 0.390. The molecule has 0 aliphatic heterocycles. The SMILES string of the molecule is CCCCCCC(C(=O)O)(C(CC)(CC)C(=O)O)S(=O)(=O)O. The second-order valence-electron chi connectivity index (χ2n) is 5.51. The van der Waals surface area contributed by atoms with Crippen molar-refractivity contribution in [1.29, 1.82) is 0 Å². The van der Waals surface area contributed by atoms with E-state index in [0.717, 1.165) is 12.8 Å². The van der Waals surface area contributed by atoms with Gasteiger partial charge in [0.05, 0.1) is 5.41 Å². The fourth-order valence-electron chi connectivity index (χ4n) is 3.13. The summed E-state index contributed by atoms with van der Waals surface area (Å²) in [4.78, 5) is 23.5. The van der Waals surface area contributed by atoms with E-state index in [1.54, 1.807) is 0 Å². The Morgan fingerprint density at radius 2 is 1.41 bits per heavy atom. The lowest BCUT2D eigenvalue weighted by Gasteiger charge is -2.41. The van der Waals surface area contributed by atoms with Crippen molar-refractivity contribution in [2.24, 2.45) is 5.41 Å². The van der Waals surface area contributed by atoms with Crippen LogP contribution < -0.4 is 0 Å². The standard InChI is InChI=1S/C14H26O7S/c1-4-7-8-9-10-14(12(17)18,22(19,20)21)13(5-2,6-3)11(15)16/h4-10H2,1-3H3,(H,15,16)(H,17,18)(H,19,20,21). The molecule has 0 amide bonds. The van der Waals surface area contributed by atoms with Gasteiger partial charge < -0.3 is 10.2 Å². The minimum absolute atomic E-state index is 0.210. The van der Waals surface area contributed by atoms with E-state index in [9.17, 15) is 32.8 Å². The first-order chi connectivity index (χ1) is 10.1. The predicted octanol–water partition coefficient (Wildman–Crippen LogP) is 2.56. The van der Waals surface area contributed by atoms with Crippen molar-refractivity contribution >= 4 is 22.1 Å². The summed E-state index contributed by atoms with van der Waals surface area (Å²) < 4.78 is 30.8. The van der Waals surface area contributed by atoms with Crippen LogP contribution in [0.1, 0.15) is 65.7 Å². The van der Waals surface area contributed by atoms with Crippen molar-refractivity contribution in [3.05, 3.63) is 0 Å². The Morgan fingerprint density at radius 3 is 1.68 bits per heavy atom. The summed E-state index contributed by atoms with van der Waals surface area (Å²) in [5.41, 5.74) is -2.07. The van der Waals surface area contributed by atoms with Gasteiger partial charge in [0, 0.05) is 0 Å². The molecule has 0 aromatic rings. The molecule has 0 radical (unpaired) electrons. The molecule has 0 saturated heterocycles. The number of hydrogen-bond acceptors (Lipinski definition) is 4. The first-order valence-corrected chi connectivity index (χ1v) is 8.95. The molecule has 22 heavy (non-hydrogen) atoms. The van der Waals surface area contributed by atoms with Gasteiger partial charge in [0.25, 0.3) is 10.1 Å². The third-order valence-corrected chi connectivity index (χ3v) is 6.21. The Hall–Kier alpha value is -1.15. The molecule has 0 saturated carbocycles. The summed E-state index contributed by atoms with van der Waals surface area (Å²) in [7, 11) is -5.12. The summed E-state index contributed by atoms with van der Waals surface area (Å²) in [6, 6.07) is 0. The molecule has 0 aliphatic rings. The lowest BCUT2D eigenvalue weighted by molar-refractivity contribution is -0.161. The molecular formula is C14H26O7S. The van der Waals surface area contributed by atoms with Gasteiger partial charge in [0.1, 0.15) is 0 Å². The van der Waals surface area contributed by atoms with Crippen LogP contribution >= 0.6 is 0 Å². The number of unbranched alkanes of at least 4 members (excludes halogenated alkanes) is 3. The maximum absolute atomic E-state index is 11.9. The highest BCUT2D eigenvalue weighted by Crippen LogP contribution is 2.47. The van der Waals surface area contributed by atoms with Crippen molar-refractivity contribution in [3.8, 4) is 0 Å². The Balaban J connectivity index is 6.17. The monoisotopic (exact) mass is 338 g/mol. The fraction of sp³-hybridized carbons (Fsp3) is 0.857. The van der Waals surface area contributed by atoms with E-state index in [4.69, 9.17) is 0 Å². The van der Waals surface area contributed by atoms with Gasteiger partial charge in [-0.3, -0.25) is 14.1 Å². The first kappa shape index (κ1) is 20.9. The molecule has 7 nitrogen and oxygen atoms in total. The predicted molar refractivity (Wildman–Crippen MR) is 81.3 cm³/mol. The van der Waals surface area contributed by atoms with Crippen LogP contribution in [0.3, 0.4) is 0 Å². The zero-order valence-corrected chi connectivity index (χ0v) is 14.1. The van der Waals surface area contributed by atoms with Crippen LogP contribution in [0.4, 0.5) is 0 Å². The number of carboxylic acid groups (broad SMARTS) is 2. The van der Waals surface area contributed by atoms with E-state index in [0.29, 0.717) is 6.42 Å². The molecule has 0 aromatic heterocycles. The van der Waals surface area contributed by atoms with Gasteiger partial charge in [-0.25, -0.2) is 0 Å². The topological polar surface area (TPSA) is 129 Å². The highest BCUT2D eigenvalue weighted by atomic mass is 32.2. The average molecular weight is 338 g/mol. The van der Waals surface area contributed by atoms with E-state index in [2.05, 4.69) is 0 Å². The van der Waals surface area contributed by atoms with E-state index in [1.165, 1.54) is 13.8 Å². The Labute approximate surface area is 131 Å². The number of carboxylic acids is 2. The lowest BCUT2D eigenvalue weighted by Crippen LogP contribution is -2.62. The second-order valence-corrected chi connectivity index (χ2v) is 7.16. The van der Waals surface area contributed by atoms with Gasteiger partial charge in [-0.05, 0) is 19.3 Å². The van der Waals surface area contributed by atoms with Crippen LogP contribution in [0.25, 0.3) is 0 Å². The van der Waals surface area contributed by atoms with Crippen molar-refractivity contribution in [2.75, 3.05) is 0 Å². The minimum Gasteiger partial charge on any atom is -0.481 e. The Morgan fingerprint density at radius 1 is 0.909 bits per heavy atom. The van der Waals surface area contributed by atoms with Crippen LogP contribution in [-0.4, -0.2) is 39.9 Å². The van der Waals surface area contributed by atoms with Gasteiger partial charge in [-0.15, -0.1) is 0 Å². The van der Waals surface area contributed by atoms with Gasteiger partial charge in [-0.2, -0.15) is 8.42 Å². The van der Waals surface area contributed by atoms with Crippen molar-refractivity contribution in [3.63, 3.8) is 0 Å². The fourth-order valence-corrected chi connectivity index (χ4v) is 4.63. The van der Waals surface area contributed by atoms with Crippen LogP contribution in [0.15, 0.2) is 0 Å². The zero-order valence-electron chi connectivity index (χ0n) is 13.3. The molecule has 0 bridgehead atoms. The summed E-state index contributed by atoms with van der Waals surface area (Å²) in [5.74, 6) is -3.33. The number of hydrogen-bond donors (Lipinski definition) is 3. The smallest absolute Gasteiger partial charge is 0.328 e. The zero-order chi connectivity index (χ0) is 17.6. The molecule has 8 heteroatoms. The molecular weight excluding hydrogens is 312 g/mol. The van der Waals surface area contributed by atoms with Crippen LogP contribution in [0.5, 0.6) is 0 Å².